The van der Waals surface area contributed by atoms with E-state index < -0.39 is 0 Å². The number of hydrogen-bond acceptors (Lipinski definition) is 5. The van der Waals surface area contributed by atoms with Gasteiger partial charge in [-0.05, 0) is 50.3 Å². The van der Waals surface area contributed by atoms with E-state index in [1.54, 1.807) is 6.92 Å². The predicted molar refractivity (Wildman–Crippen MR) is 97.6 cm³/mol. The molecule has 1 aliphatic rings. The first-order chi connectivity index (χ1) is 11.7. The normalized spacial score (nSPS) is 15.2. The van der Waals surface area contributed by atoms with Crippen molar-refractivity contribution in [3.8, 4) is 16.9 Å². The lowest BCUT2D eigenvalue weighted by molar-refractivity contribution is 0.0529. The molecule has 1 saturated carbocycles. The van der Waals surface area contributed by atoms with E-state index in [1.807, 2.05) is 29.6 Å². The van der Waals surface area contributed by atoms with Gasteiger partial charge in [-0.3, -0.25) is 0 Å². The van der Waals surface area contributed by atoms with Gasteiger partial charge in [0.1, 0.15) is 16.3 Å². The second kappa shape index (κ2) is 7.71. The van der Waals surface area contributed by atoms with E-state index in [9.17, 15) is 4.79 Å². The van der Waals surface area contributed by atoms with Crippen LogP contribution in [0.1, 0.15) is 49.4 Å². The molecule has 0 unspecified atom stereocenters. The number of nitrogens with two attached hydrogens (primary N) is 1. The summed E-state index contributed by atoms with van der Waals surface area (Å²) in [6, 6.07) is 7.88. The van der Waals surface area contributed by atoms with Crippen LogP contribution in [0.15, 0.2) is 29.6 Å². The van der Waals surface area contributed by atoms with Crippen molar-refractivity contribution in [1.29, 1.82) is 0 Å². The molecular formula is C19H23NO3S. The highest BCUT2D eigenvalue weighted by atomic mass is 32.1. The number of benzene rings is 1. The first-order valence-electron chi connectivity index (χ1n) is 8.50. The van der Waals surface area contributed by atoms with Gasteiger partial charge < -0.3 is 15.2 Å². The number of carbonyl (C=O) groups is 1. The lowest BCUT2D eigenvalue weighted by Crippen LogP contribution is -2.19. The minimum Gasteiger partial charge on any atom is -0.490 e. The lowest BCUT2D eigenvalue weighted by Gasteiger charge is -2.23. The molecule has 24 heavy (non-hydrogen) atoms. The van der Waals surface area contributed by atoms with Crippen LogP contribution in [0.25, 0.3) is 11.1 Å². The number of thiophene rings is 1. The molecule has 1 fully saturated rings. The zero-order chi connectivity index (χ0) is 16.9. The van der Waals surface area contributed by atoms with Crippen molar-refractivity contribution in [2.45, 2.75) is 45.1 Å². The molecule has 0 aliphatic heterocycles. The standard InChI is InChI=1S/C19H23NO3S/c1-2-22-19(21)17-16(12-24-18(17)20)13-8-10-15(11-9-13)23-14-6-4-3-5-7-14/h8-12,14H,2-7,20H2,1H3. The van der Waals surface area contributed by atoms with Gasteiger partial charge in [-0.25, -0.2) is 4.79 Å². The monoisotopic (exact) mass is 345 g/mol. The van der Waals surface area contributed by atoms with Crippen molar-refractivity contribution >= 4 is 22.3 Å². The van der Waals surface area contributed by atoms with Crippen LogP contribution >= 0.6 is 11.3 Å². The number of nitrogen functional groups attached to an aromatic ring is 1. The van der Waals surface area contributed by atoms with Crippen molar-refractivity contribution in [1.82, 2.24) is 0 Å². The van der Waals surface area contributed by atoms with Crippen LogP contribution in [0, 0.1) is 0 Å². The number of esters is 1. The van der Waals surface area contributed by atoms with Crippen LogP contribution in [0.2, 0.25) is 0 Å². The molecule has 1 aromatic heterocycles. The van der Waals surface area contributed by atoms with Crippen molar-refractivity contribution in [3.05, 3.63) is 35.2 Å². The minimum atomic E-state index is -0.367. The topological polar surface area (TPSA) is 61.5 Å². The second-order valence-corrected chi connectivity index (χ2v) is 6.92. The van der Waals surface area contributed by atoms with Crippen molar-refractivity contribution < 1.29 is 14.3 Å². The Labute approximate surface area is 146 Å². The maximum absolute atomic E-state index is 12.1. The smallest absolute Gasteiger partial charge is 0.341 e. The van der Waals surface area contributed by atoms with Gasteiger partial charge in [0, 0.05) is 10.9 Å². The Hall–Kier alpha value is -2.01. The Morgan fingerprint density at radius 2 is 1.92 bits per heavy atom. The third kappa shape index (κ3) is 3.73. The summed E-state index contributed by atoms with van der Waals surface area (Å²) >= 11 is 1.36. The molecule has 0 radical (unpaired) electrons. The minimum absolute atomic E-state index is 0.330. The Morgan fingerprint density at radius 1 is 1.21 bits per heavy atom. The highest BCUT2D eigenvalue weighted by Crippen LogP contribution is 2.35. The third-order valence-corrected chi connectivity index (χ3v) is 5.13. The first kappa shape index (κ1) is 16.8. The molecule has 2 N–H and O–H groups in total. The Balaban J connectivity index is 1.77. The van der Waals surface area contributed by atoms with Gasteiger partial charge in [-0.15, -0.1) is 11.3 Å². The number of hydrogen-bond donors (Lipinski definition) is 1. The summed E-state index contributed by atoms with van der Waals surface area (Å²) < 4.78 is 11.2. The molecule has 1 aliphatic carbocycles. The zero-order valence-corrected chi connectivity index (χ0v) is 14.7. The molecule has 128 valence electrons. The highest BCUT2D eigenvalue weighted by Gasteiger charge is 2.20. The molecular weight excluding hydrogens is 322 g/mol. The summed E-state index contributed by atoms with van der Waals surface area (Å²) in [6.45, 7) is 2.12. The van der Waals surface area contributed by atoms with E-state index in [1.165, 1.54) is 30.6 Å². The molecule has 1 aromatic carbocycles. The van der Waals surface area contributed by atoms with Crippen LogP contribution in [-0.2, 0) is 4.74 Å². The molecule has 3 rings (SSSR count). The summed E-state index contributed by atoms with van der Waals surface area (Å²) in [5, 5.41) is 2.39. The van der Waals surface area contributed by atoms with Gasteiger partial charge in [0.2, 0.25) is 0 Å². The summed E-state index contributed by atoms with van der Waals surface area (Å²) in [5.74, 6) is 0.514. The molecule has 0 saturated heterocycles. The lowest BCUT2D eigenvalue weighted by atomic mass is 9.98. The fraction of sp³-hybridized carbons (Fsp3) is 0.421. The van der Waals surface area contributed by atoms with E-state index >= 15 is 0 Å². The molecule has 4 nitrogen and oxygen atoms in total. The van der Waals surface area contributed by atoms with E-state index in [0.717, 1.165) is 29.7 Å². The van der Waals surface area contributed by atoms with Crippen LogP contribution in [0.5, 0.6) is 5.75 Å². The number of anilines is 1. The van der Waals surface area contributed by atoms with Gasteiger partial charge in [0.25, 0.3) is 0 Å². The fourth-order valence-corrected chi connectivity index (χ4v) is 3.90. The maximum atomic E-state index is 12.1. The van der Waals surface area contributed by atoms with Gasteiger partial charge >= 0.3 is 5.97 Å². The van der Waals surface area contributed by atoms with E-state index in [-0.39, 0.29) is 5.97 Å². The number of carbonyl (C=O) groups excluding carboxylic acids is 1. The first-order valence-corrected chi connectivity index (χ1v) is 9.38. The summed E-state index contributed by atoms with van der Waals surface area (Å²) in [6.07, 6.45) is 6.41. The second-order valence-electron chi connectivity index (χ2n) is 6.01. The molecule has 0 spiro atoms. The summed E-state index contributed by atoms with van der Waals surface area (Å²) in [5.41, 5.74) is 8.18. The molecule has 0 atom stereocenters. The van der Waals surface area contributed by atoms with Crippen molar-refractivity contribution in [3.63, 3.8) is 0 Å². The largest absolute Gasteiger partial charge is 0.490 e. The average Bonchev–Trinajstić information content (AvgIpc) is 2.98. The Bertz CT molecular complexity index is 687. The SMILES string of the molecule is CCOC(=O)c1c(-c2ccc(OC3CCCCC3)cc2)csc1N. The van der Waals surface area contributed by atoms with Crippen LogP contribution < -0.4 is 10.5 Å². The molecule has 0 amide bonds. The van der Waals surface area contributed by atoms with Crippen molar-refractivity contribution in [2.75, 3.05) is 12.3 Å². The molecule has 2 aromatic rings. The van der Waals surface area contributed by atoms with Gasteiger partial charge in [0.05, 0.1) is 12.7 Å². The Morgan fingerprint density at radius 3 is 2.58 bits per heavy atom. The molecule has 5 heteroatoms. The fourth-order valence-electron chi connectivity index (χ4n) is 3.09. The maximum Gasteiger partial charge on any atom is 0.341 e. The zero-order valence-electron chi connectivity index (χ0n) is 13.9. The van der Waals surface area contributed by atoms with Crippen LogP contribution in [0.3, 0.4) is 0 Å². The van der Waals surface area contributed by atoms with E-state index in [4.69, 9.17) is 15.2 Å². The number of rotatable bonds is 5. The predicted octanol–water partition coefficient (Wildman–Crippen LogP) is 4.89. The third-order valence-electron chi connectivity index (χ3n) is 4.32. The highest BCUT2D eigenvalue weighted by molar-refractivity contribution is 7.14. The van der Waals surface area contributed by atoms with Gasteiger partial charge in [-0.2, -0.15) is 0 Å². The van der Waals surface area contributed by atoms with Gasteiger partial charge in [-0.1, -0.05) is 18.6 Å². The molecule has 0 bridgehead atoms. The van der Waals surface area contributed by atoms with Crippen molar-refractivity contribution in [2.24, 2.45) is 0 Å². The average molecular weight is 345 g/mol. The molecule has 1 heterocycles. The van der Waals surface area contributed by atoms with Crippen LogP contribution in [0.4, 0.5) is 5.00 Å². The summed E-state index contributed by atoms with van der Waals surface area (Å²) in [7, 11) is 0. The summed E-state index contributed by atoms with van der Waals surface area (Å²) in [4.78, 5) is 12.1. The van der Waals surface area contributed by atoms with Gasteiger partial charge in [0.15, 0.2) is 0 Å². The van der Waals surface area contributed by atoms with E-state index in [0.29, 0.717) is 23.3 Å². The van der Waals surface area contributed by atoms with Crippen LogP contribution in [-0.4, -0.2) is 18.7 Å². The quantitative estimate of drug-likeness (QED) is 0.784. The Kier molecular flexibility index (Phi) is 5.41. The van der Waals surface area contributed by atoms with E-state index in [2.05, 4.69) is 0 Å². The number of ether oxygens (including phenoxy) is 2.